The van der Waals surface area contributed by atoms with Crippen molar-refractivity contribution in [1.29, 1.82) is 5.26 Å². The van der Waals surface area contributed by atoms with Crippen LogP contribution in [-0.4, -0.2) is 32.6 Å². The zero-order valence-corrected chi connectivity index (χ0v) is 14.9. The molecule has 0 unspecified atom stereocenters. The van der Waals surface area contributed by atoms with Gasteiger partial charge in [0.25, 0.3) is 5.69 Å². The number of H-pyrrole nitrogens is 1. The van der Waals surface area contributed by atoms with E-state index in [0.717, 1.165) is 6.08 Å². The molecule has 0 aliphatic carbocycles. The van der Waals surface area contributed by atoms with Gasteiger partial charge in [0, 0.05) is 12.1 Å². The van der Waals surface area contributed by atoms with Crippen LogP contribution in [0.4, 0.5) is 5.69 Å². The van der Waals surface area contributed by atoms with E-state index in [0.29, 0.717) is 11.0 Å². The number of aliphatic hydroxyl groups excluding tert-OH is 1. The third kappa shape index (κ3) is 4.45. The van der Waals surface area contributed by atoms with E-state index in [4.69, 9.17) is 4.74 Å². The molecular formula is C20H14N4O5. The van der Waals surface area contributed by atoms with Gasteiger partial charge in [-0.1, -0.05) is 24.3 Å². The predicted molar refractivity (Wildman–Crippen MR) is 104 cm³/mol. The van der Waals surface area contributed by atoms with E-state index in [-0.39, 0.29) is 22.6 Å². The van der Waals surface area contributed by atoms with Gasteiger partial charge in [0.1, 0.15) is 18.2 Å². The van der Waals surface area contributed by atoms with Crippen molar-refractivity contribution in [2.75, 3.05) is 6.61 Å². The average Bonchev–Trinajstić information content (AvgIpc) is 3.15. The molecule has 2 aromatic carbocycles. The Labute approximate surface area is 164 Å². The second-order valence-corrected chi connectivity index (χ2v) is 5.79. The summed E-state index contributed by atoms with van der Waals surface area (Å²) in [6.45, 7) is -0.556. The molecule has 0 radical (unpaired) electrons. The first-order chi connectivity index (χ1) is 14.0. The lowest BCUT2D eigenvalue weighted by molar-refractivity contribution is -0.385. The molecular weight excluding hydrogens is 376 g/mol. The van der Waals surface area contributed by atoms with Crippen LogP contribution in [0.1, 0.15) is 11.4 Å². The fourth-order valence-corrected chi connectivity index (χ4v) is 2.54. The van der Waals surface area contributed by atoms with E-state index >= 15 is 0 Å². The molecule has 9 nitrogen and oxygen atoms in total. The number of aliphatic hydroxyl groups is 1. The van der Waals surface area contributed by atoms with Crippen molar-refractivity contribution in [3.8, 4) is 6.07 Å². The van der Waals surface area contributed by atoms with E-state index in [2.05, 4.69) is 9.97 Å². The first-order valence-corrected chi connectivity index (χ1v) is 8.35. The van der Waals surface area contributed by atoms with Crippen molar-refractivity contribution in [3.05, 3.63) is 81.9 Å². The molecule has 0 fully saturated rings. The number of aromatic amines is 1. The molecule has 0 aliphatic rings. The van der Waals surface area contributed by atoms with Crippen molar-refractivity contribution >= 4 is 34.3 Å². The van der Waals surface area contributed by atoms with E-state index in [1.54, 1.807) is 30.3 Å². The third-order valence-electron chi connectivity index (χ3n) is 3.91. The molecule has 1 aromatic heterocycles. The van der Waals surface area contributed by atoms with Gasteiger partial charge in [-0.15, -0.1) is 0 Å². The highest BCUT2D eigenvalue weighted by Crippen LogP contribution is 2.20. The SMILES string of the molecule is N#C/C(=C(/O)COC(=O)/C=C/c1ccccc1[N+](=O)[O-])c1nc2ccccc2[nH]1. The molecule has 1 heterocycles. The van der Waals surface area contributed by atoms with Crippen LogP contribution in [0.5, 0.6) is 0 Å². The summed E-state index contributed by atoms with van der Waals surface area (Å²) in [6, 6.07) is 14.8. The van der Waals surface area contributed by atoms with Gasteiger partial charge in [-0.2, -0.15) is 5.26 Å². The number of aromatic nitrogens is 2. The smallest absolute Gasteiger partial charge is 0.331 e. The number of ether oxygens (including phenoxy) is 1. The van der Waals surface area contributed by atoms with Gasteiger partial charge in [0.05, 0.1) is 21.5 Å². The van der Waals surface area contributed by atoms with Gasteiger partial charge in [0.15, 0.2) is 11.6 Å². The van der Waals surface area contributed by atoms with E-state index in [1.807, 2.05) is 6.07 Å². The summed E-state index contributed by atoms with van der Waals surface area (Å²) in [5.41, 5.74) is 1.22. The first kappa shape index (κ1) is 19.3. The van der Waals surface area contributed by atoms with Crippen LogP contribution < -0.4 is 0 Å². The number of imidazole rings is 1. The molecule has 0 atom stereocenters. The predicted octanol–water partition coefficient (Wildman–Crippen LogP) is 3.52. The maximum Gasteiger partial charge on any atom is 0.331 e. The molecule has 29 heavy (non-hydrogen) atoms. The van der Waals surface area contributed by atoms with Crippen LogP contribution in [0, 0.1) is 21.4 Å². The Kier molecular flexibility index (Phi) is 5.66. The zero-order chi connectivity index (χ0) is 20.8. The summed E-state index contributed by atoms with van der Waals surface area (Å²) in [4.78, 5) is 29.4. The van der Waals surface area contributed by atoms with Crippen LogP contribution in [0.2, 0.25) is 0 Å². The maximum atomic E-state index is 11.9. The molecule has 0 spiro atoms. The Balaban J connectivity index is 1.71. The molecule has 0 saturated heterocycles. The van der Waals surface area contributed by atoms with E-state index < -0.39 is 23.3 Å². The highest BCUT2D eigenvalue weighted by molar-refractivity contribution is 5.88. The standard InChI is InChI=1S/C20H14N4O5/c21-11-14(20-22-15-6-2-3-7-16(15)23-20)18(25)12-29-19(26)10-9-13-5-1-4-8-17(13)24(27)28/h1-10,25H,12H2,(H,22,23)/b10-9+,18-14-. The number of nitrogens with one attached hydrogen (secondary N) is 1. The lowest BCUT2D eigenvalue weighted by Gasteiger charge is -2.03. The summed E-state index contributed by atoms with van der Waals surface area (Å²) < 4.78 is 4.91. The number of allylic oxidation sites excluding steroid dienone is 1. The minimum atomic E-state index is -0.836. The number of nitriles is 1. The van der Waals surface area contributed by atoms with Crippen LogP contribution in [0.15, 0.2) is 60.4 Å². The number of carbonyl (C=O) groups excluding carboxylic acids is 1. The molecule has 0 amide bonds. The quantitative estimate of drug-likeness (QED) is 0.164. The minimum Gasteiger partial charge on any atom is -0.507 e. The van der Waals surface area contributed by atoms with Crippen molar-refractivity contribution in [1.82, 2.24) is 9.97 Å². The lowest BCUT2D eigenvalue weighted by Crippen LogP contribution is -2.06. The number of nitro groups is 1. The van der Waals surface area contributed by atoms with Gasteiger partial charge in [-0.05, 0) is 24.3 Å². The van der Waals surface area contributed by atoms with Gasteiger partial charge in [0.2, 0.25) is 0 Å². The summed E-state index contributed by atoms with van der Waals surface area (Å²) in [6.07, 6.45) is 2.24. The number of para-hydroxylation sites is 3. The van der Waals surface area contributed by atoms with E-state index in [9.17, 15) is 25.3 Å². The number of carbonyl (C=O) groups is 1. The first-order valence-electron chi connectivity index (χ1n) is 8.35. The Morgan fingerprint density at radius 2 is 2.00 bits per heavy atom. The molecule has 3 rings (SSSR count). The normalized spacial score (nSPS) is 11.8. The fraction of sp³-hybridized carbons (Fsp3) is 0.0500. The fourth-order valence-electron chi connectivity index (χ4n) is 2.54. The monoisotopic (exact) mass is 390 g/mol. The maximum absolute atomic E-state index is 11.9. The Bertz CT molecular complexity index is 1150. The number of hydrogen-bond acceptors (Lipinski definition) is 7. The minimum absolute atomic E-state index is 0.151. The summed E-state index contributed by atoms with van der Waals surface area (Å²) in [5, 5.41) is 30.4. The van der Waals surface area contributed by atoms with Gasteiger partial charge in [-0.25, -0.2) is 9.78 Å². The summed E-state index contributed by atoms with van der Waals surface area (Å²) in [5.74, 6) is -1.16. The Hall–Kier alpha value is -4.45. The second kappa shape index (κ2) is 8.49. The number of benzene rings is 2. The van der Waals surface area contributed by atoms with Gasteiger partial charge in [-0.3, -0.25) is 10.1 Å². The molecule has 2 N–H and O–H groups in total. The zero-order valence-electron chi connectivity index (χ0n) is 14.9. The summed E-state index contributed by atoms with van der Waals surface area (Å²) in [7, 11) is 0. The number of nitro benzene ring substituents is 1. The highest BCUT2D eigenvalue weighted by Gasteiger charge is 2.15. The molecule has 0 saturated carbocycles. The second-order valence-electron chi connectivity index (χ2n) is 5.79. The van der Waals surface area contributed by atoms with Crippen molar-refractivity contribution in [2.45, 2.75) is 0 Å². The van der Waals surface area contributed by atoms with Crippen molar-refractivity contribution in [2.24, 2.45) is 0 Å². The third-order valence-corrected chi connectivity index (χ3v) is 3.91. The number of hydrogen-bond donors (Lipinski definition) is 2. The average molecular weight is 390 g/mol. The summed E-state index contributed by atoms with van der Waals surface area (Å²) >= 11 is 0. The molecule has 9 heteroatoms. The topological polar surface area (TPSA) is 142 Å². The van der Waals surface area contributed by atoms with Crippen LogP contribution >= 0.6 is 0 Å². The Morgan fingerprint density at radius 3 is 2.72 bits per heavy atom. The highest BCUT2D eigenvalue weighted by atomic mass is 16.6. The molecule has 0 aliphatic heterocycles. The number of rotatable bonds is 6. The van der Waals surface area contributed by atoms with Crippen LogP contribution in [0.3, 0.4) is 0 Å². The van der Waals surface area contributed by atoms with Crippen molar-refractivity contribution < 1.29 is 19.6 Å². The largest absolute Gasteiger partial charge is 0.507 e. The van der Waals surface area contributed by atoms with E-state index in [1.165, 1.54) is 24.3 Å². The van der Waals surface area contributed by atoms with Gasteiger partial charge < -0.3 is 14.8 Å². The molecule has 0 bridgehead atoms. The lowest BCUT2D eigenvalue weighted by atomic mass is 10.1. The number of esters is 1. The molecule has 3 aromatic rings. The number of nitrogens with zero attached hydrogens (tertiary/aromatic N) is 3. The number of fused-ring (bicyclic) bond motifs is 1. The van der Waals surface area contributed by atoms with Crippen molar-refractivity contribution in [3.63, 3.8) is 0 Å². The van der Waals surface area contributed by atoms with Crippen LogP contribution in [0.25, 0.3) is 22.7 Å². The molecule has 144 valence electrons. The van der Waals surface area contributed by atoms with Crippen LogP contribution in [-0.2, 0) is 9.53 Å². The van der Waals surface area contributed by atoms with Gasteiger partial charge >= 0.3 is 5.97 Å². The Morgan fingerprint density at radius 1 is 1.28 bits per heavy atom.